The molecule has 3 heterocycles. The van der Waals surface area contributed by atoms with Crippen LogP contribution in [0.1, 0.15) is 18.7 Å². The number of amides is 1. The average molecular weight is 404 g/mol. The second kappa shape index (κ2) is 8.59. The van der Waals surface area contributed by atoms with E-state index in [4.69, 9.17) is 16.1 Å². The summed E-state index contributed by atoms with van der Waals surface area (Å²) >= 11 is 5.92. The van der Waals surface area contributed by atoms with Crippen molar-refractivity contribution in [3.8, 4) is 11.4 Å². The quantitative estimate of drug-likeness (QED) is 0.780. The van der Waals surface area contributed by atoms with Crippen molar-refractivity contribution in [2.75, 3.05) is 46.3 Å². The summed E-state index contributed by atoms with van der Waals surface area (Å²) in [6.07, 6.45) is 1.78. The van der Waals surface area contributed by atoms with E-state index in [0.29, 0.717) is 29.2 Å². The van der Waals surface area contributed by atoms with Gasteiger partial charge in [-0.05, 0) is 57.2 Å². The van der Waals surface area contributed by atoms with E-state index in [-0.39, 0.29) is 5.92 Å². The molecule has 2 aliphatic rings. The zero-order valence-corrected chi connectivity index (χ0v) is 16.9. The number of hydrogen-bond acceptors (Lipinski definition) is 6. The molecule has 0 spiro atoms. The molecule has 0 bridgehead atoms. The fourth-order valence-corrected chi connectivity index (χ4v) is 3.98. The Hall–Kier alpha value is -1.96. The second-order valence-corrected chi connectivity index (χ2v) is 8.13. The van der Waals surface area contributed by atoms with Gasteiger partial charge in [-0.3, -0.25) is 9.69 Å². The first-order valence-electron chi connectivity index (χ1n) is 9.87. The van der Waals surface area contributed by atoms with E-state index in [0.717, 1.165) is 57.7 Å². The molecule has 1 aromatic carbocycles. The van der Waals surface area contributed by atoms with Crippen LogP contribution in [0.3, 0.4) is 0 Å². The van der Waals surface area contributed by atoms with Crippen molar-refractivity contribution in [3.05, 3.63) is 35.2 Å². The van der Waals surface area contributed by atoms with Gasteiger partial charge in [0.1, 0.15) is 0 Å². The molecule has 1 amide bonds. The number of halogens is 1. The van der Waals surface area contributed by atoms with Crippen LogP contribution in [0.25, 0.3) is 11.4 Å². The highest BCUT2D eigenvalue weighted by Crippen LogP contribution is 2.23. The topological polar surface area (TPSA) is 65.7 Å². The second-order valence-electron chi connectivity index (χ2n) is 7.70. The molecule has 2 fully saturated rings. The molecule has 2 aliphatic heterocycles. The molecule has 0 aliphatic carbocycles. The van der Waals surface area contributed by atoms with Gasteiger partial charge in [0.05, 0.1) is 6.54 Å². The largest absolute Gasteiger partial charge is 0.340 e. The number of nitrogens with zero attached hydrogens (tertiary/aromatic N) is 5. The lowest BCUT2D eigenvalue weighted by Crippen LogP contribution is -2.50. The van der Waals surface area contributed by atoms with Crippen molar-refractivity contribution >= 4 is 17.5 Å². The van der Waals surface area contributed by atoms with Crippen molar-refractivity contribution < 1.29 is 9.32 Å². The highest BCUT2D eigenvalue weighted by Gasteiger charge is 2.30. The monoisotopic (exact) mass is 403 g/mol. The summed E-state index contributed by atoms with van der Waals surface area (Å²) in [4.78, 5) is 23.8. The van der Waals surface area contributed by atoms with Crippen LogP contribution in [0.2, 0.25) is 5.02 Å². The maximum atomic E-state index is 12.7. The van der Waals surface area contributed by atoms with E-state index in [9.17, 15) is 4.79 Å². The van der Waals surface area contributed by atoms with Crippen LogP contribution in [-0.2, 0) is 11.3 Å². The molecule has 0 saturated carbocycles. The summed E-state index contributed by atoms with van der Waals surface area (Å²) < 4.78 is 5.42. The number of rotatable bonds is 4. The van der Waals surface area contributed by atoms with Gasteiger partial charge in [-0.15, -0.1) is 0 Å². The molecule has 28 heavy (non-hydrogen) atoms. The average Bonchev–Trinajstić information content (AvgIpc) is 3.18. The zero-order valence-electron chi connectivity index (χ0n) is 16.2. The summed E-state index contributed by atoms with van der Waals surface area (Å²) in [5.41, 5.74) is 0.885. The van der Waals surface area contributed by atoms with Gasteiger partial charge in [0, 0.05) is 42.7 Å². The van der Waals surface area contributed by atoms with Crippen molar-refractivity contribution in [1.29, 1.82) is 0 Å². The molecule has 2 aromatic rings. The van der Waals surface area contributed by atoms with Crippen LogP contribution >= 0.6 is 11.6 Å². The highest BCUT2D eigenvalue weighted by molar-refractivity contribution is 6.30. The van der Waals surface area contributed by atoms with E-state index in [1.54, 1.807) is 0 Å². The van der Waals surface area contributed by atoms with Gasteiger partial charge in [-0.2, -0.15) is 4.98 Å². The number of likely N-dealkylation sites (N-methyl/N-ethyl adjacent to an activating group) is 1. The maximum Gasteiger partial charge on any atom is 0.241 e. The molecule has 0 N–H and O–H groups in total. The number of hydrogen-bond donors (Lipinski definition) is 0. The van der Waals surface area contributed by atoms with Crippen molar-refractivity contribution in [1.82, 2.24) is 24.8 Å². The minimum atomic E-state index is 0.145. The first-order valence-corrected chi connectivity index (χ1v) is 10.2. The lowest BCUT2D eigenvalue weighted by molar-refractivity contribution is -0.138. The first kappa shape index (κ1) is 19.4. The van der Waals surface area contributed by atoms with Crippen LogP contribution in [0, 0.1) is 5.92 Å². The number of carbonyl (C=O) groups is 1. The van der Waals surface area contributed by atoms with E-state index in [1.807, 2.05) is 29.2 Å². The molecule has 0 unspecified atom stereocenters. The molecule has 0 atom stereocenters. The Morgan fingerprint density at radius 1 is 1.11 bits per heavy atom. The molecular weight excluding hydrogens is 378 g/mol. The number of piperidine rings is 1. The molecule has 2 saturated heterocycles. The van der Waals surface area contributed by atoms with Crippen LogP contribution in [-0.4, -0.2) is 77.1 Å². The number of piperazine rings is 1. The summed E-state index contributed by atoms with van der Waals surface area (Å²) in [5.74, 6) is 1.66. The third-order valence-corrected chi connectivity index (χ3v) is 5.93. The van der Waals surface area contributed by atoms with E-state index < -0.39 is 0 Å². The summed E-state index contributed by atoms with van der Waals surface area (Å²) in [6, 6.07) is 7.39. The molecule has 4 rings (SSSR count). The van der Waals surface area contributed by atoms with Crippen LogP contribution in [0.4, 0.5) is 0 Å². The summed E-state index contributed by atoms with van der Waals surface area (Å²) in [5, 5.41) is 4.75. The molecule has 7 nitrogen and oxygen atoms in total. The fourth-order valence-electron chi connectivity index (χ4n) is 3.85. The van der Waals surface area contributed by atoms with Crippen molar-refractivity contribution in [2.45, 2.75) is 19.4 Å². The molecule has 8 heteroatoms. The lowest BCUT2D eigenvalue weighted by atomic mass is 9.95. The Morgan fingerprint density at radius 3 is 2.46 bits per heavy atom. The fraction of sp³-hybridized carbons (Fsp3) is 0.550. The Balaban J connectivity index is 1.28. The standard InChI is InChI=1S/C20H26ClN5O2/c1-24-10-12-26(13-11-24)20(27)16-6-8-25(9-7-16)14-18-22-19(23-28-18)15-2-4-17(21)5-3-15/h2-5,16H,6-14H2,1H3. The van der Waals surface area contributed by atoms with Crippen LogP contribution in [0.15, 0.2) is 28.8 Å². The third-order valence-electron chi connectivity index (χ3n) is 5.68. The van der Waals surface area contributed by atoms with Crippen molar-refractivity contribution in [3.63, 3.8) is 0 Å². The van der Waals surface area contributed by atoms with E-state index in [1.165, 1.54) is 0 Å². The Kier molecular flexibility index (Phi) is 5.94. The predicted octanol–water partition coefficient (Wildman–Crippen LogP) is 2.38. The maximum absolute atomic E-state index is 12.7. The number of aromatic nitrogens is 2. The summed E-state index contributed by atoms with van der Waals surface area (Å²) in [6.45, 7) is 6.02. The molecule has 150 valence electrons. The third kappa shape index (κ3) is 4.54. The number of benzene rings is 1. The van der Waals surface area contributed by atoms with Crippen LogP contribution < -0.4 is 0 Å². The first-order chi connectivity index (χ1) is 13.6. The van der Waals surface area contributed by atoms with Gasteiger partial charge in [-0.25, -0.2) is 0 Å². The van der Waals surface area contributed by atoms with Gasteiger partial charge < -0.3 is 14.3 Å². The Bertz CT molecular complexity index is 793. The van der Waals surface area contributed by atoms with Gasteiger partial charge in [0.25, 0.3) is 0 Å². The van der Waals surface area contributed by atoms with Gasteiger partial charge in [0.15, 0.2) is 0 Å². The smallest absolute Gasteiger partial charge is 0.241 e. The predicted molar refractivity (Wildman–Crippen MR) is 107 cm³/mol. The lowest BCUT2D eigenvalue weighted by Gasteiger charge is -2.37. The van der Waals surface area contributed by atoms with Gasteiger partial charge in [-0.1, -0.05) is 16.8 Å². The molecular formula is C20H26ClN5O2. The van der Waals surface area contributed by atoms with Gasteiger partial charge >= 0.3 is 0 Å². The number of likely N-dealkylation sites (tertiary alicyclic amines) is 1. The normalized spacial score (nSPS) is 19.9. The zero-order chi connectivity index (χ0) is 19.5. The van der Waals surface area contributed by atoms with Crippen LogP contribution in [0.5, 0.6) is 0 Å². The highest BCUT2D eigenvalue weighted by atomic mass is 35.5. The SMILES string of the molecule is CN1CCN(C(=O)C2CCN(Cc3nc(-c4ccc(Cl)cc4)no3)CC2)CC1. The molecule has 1 aromatic heterocycles. The van der Waals surface area contributed by atoms with Gasteiger partial charge in [0.2, 0.25) is 17.6 Å². The molecule has 0 radical (unpaired) electrons. The Labute approximate surface area is 170 Å². The minimum Gasteiger partial charge on any atom is -0.340 e. The van der Waals surface area contributed by atoms with E-state index >= 15 is 0 Å². The minimum absolute atomic E-state index is 0.145. The Morgan fingerprint density at radius 2 is 1.79 bits per heavy atom. The summed E-state index contributed by atoms with van der Waals surface area (Å²) in [7, 11) is 2.11. The van der Waals surface area contributed by atoms with Crippen molar-refractivity contribution in [2.24, 2.45) is 5.92 Å². The number of carbonyl (C=O) groups excluding carboxylic acids is 1. The van der Waals surface area contributed by atoms with E-state index in [2.05, 4.69) is 27.0 Å².